The van der Waals surface area contributed by atoms with Crippen molar-refractivity contribution in [3.63, 3.8) is 0 Å². The molecule has 0 fully saturated rings. The number of aliphatic hydroxyl groups is 2. The van der Waals surface area contributed by atoms with Crippen molar-refractivity contribution < 1.29 is 15.0 Å². The highest BCUT2D eigenvalue weighted by molar-refractivity contribution is 8.00. The van der Waals surface area contributed by atoms with E-state index in [1.54, 1.807) is 11.8 Å². The van der Waals surface area contributed by atoms with Crippen LogP contribution >= 0.6 is 35.1 Å². The number of carbonyl (C=O) groups is 1. The smallest absolute Gasteiger partial charge is 0.236 e. The average molecular weight is 323 g/mol. The number of aliphatic hydroxyl groups excluding tert-OH is 2. The van der Waals surface area contributed by atoms with Crippen LogP contribution in [0.4, 0.5) is 5.13 Å². The van der Waals surface area contributed by atoms with Crippen LogP contribution in [0.25, 0.3) is 0 Å². The summed E-state index contributed by atoms with van der Waals surface area (Å²) in [6.07, 6.45) is 0.270. The number of hydrogen-bond acceptors (Lipinski definition) is 8. The van der Waals surface area contributed by atoms with Crippen molar-refractivity contribution in [2.75, 3.05) is 29.2 Å². The van der Waals surface area contributed by atoms with Gasteiger partial charge in [-0.05, 0) is 6.42 Å². The van der Waals surface area contributed by atoms with Crippen molar-refractivity contribution >= 4 is 46.1 Å². The van der Waals surface area contributed by atoms with E-state index in [4.69, 9.17) is 10.2 Å². The summed E-state index contributed by atoms with van der Waals surface area (Å²) < 4.78 is 4.13. The van der Waals surface area contributed by atoms with Gasteiger partial charge in [0.2, 0.25) is 16.2 Å². The van der Waals surface area contributed by atoms with E-state index < -0.39 is 6.10 Å². The van der Waals surface area contributed by atoms with Crippen LogP contribution in [0.3, 0.4) is 0 Å². The summed E-state index contributed by atoms with van der Waals surface area (Å²) in [5.41, 5.74) is 0. The van der Waals surface area contributed by atoms with Gasteiger partial charge in [-0.3, -0.25) is 10.1 Å². The third-order valence-electron chi connectivity index (χ3n) is 1.84. The fourth-order valence-electron chi connectivity index (χ4n) is 1.01. The van der Waals surface area contributed by atoms with Crippen molar-refractivity contribution in [2.45, 2.75) is 24.6 Å². The Labute approximate surface area is 124 Å². The maximum Gasteiger partial charge on any atom is 0.236 e. The number of amides is 1. The second kappa shape index (κ2) is 9.54. The van der Waals surface area contributed by atoms with Gasteiger partial charge in [0.1, 0.15) is 0 Å². The molecule has 0 aromatic carbocycles. The number of anilines is 1. The van der Waals surface area contributed by atoms with E-state index in [0.717, 1.165) is 23.7 Å². The van der Waals surface area contributed by atoms with E-state index in [2.05, 4.69) is 21.6 Å². The molecule has 0 aliphatic rings. The molecule has 6 nitrogen and oxygen atoms in total. The minimum Gasteiger partial charge on any atom is -0.394 e. The van der Waals surface area contributed by atoms with Crippen molar-refractivity contribution in [1.29, 1.82) is 0 Å². The zero-order chi connectivity index (χ0) is 14.1. The van der Waals surface area contributed by atoms with Crippen LogP contribution in [-0.4, -0.2) is 55.4 Å². The topological polar surface area (TPSA) is 95.3 Å². The number of nitrogens with one attached hydrogen (secondary N) is 1. The fraction of sp³-hybridized carbons (Fsp3) is 0.700. The monoisotopic (exact) mass is 323 g/mol. The Kier molecular flexibility index (Phi) is 8.38. The van der Waals surface area contributed by atoms with E-state index in [1.165, 1.54) is 11.8 Å². The average Bonchev–Trinajstić information content (AvgIpc) is 2.83. The number of nitrogens with zero attached hydrogens (tertiary/aromatic N) is 2. The molecule has 108 valence electrons. The lowest BCUT2D eigenvalue weighted by molar-refractivity contribution is -0.113. The maximum absolute atomic E-state index is 11.6. The molecule has 0 saturated heterocycles. The zero-order valence-electron chi connectivity index (χ0n) is 10.5. The first-order chi connectivity index (χ1) is 9.15. The fourth-order valence-corrected chi connectivity index (χ4v) is 3.18. The van der Waals surface area contributed by atoms with Crippen LogP contribution in [0.5, 0.6) is 0 Å². The maximum atomic E-state index is 11.6. The number of hydrogen-bond donors (Lipinski definition) is 3. The van der Waals surface area contributed by atoms with E-state index in [-0.39, 0.29) is 18.3 Å². The van der Waals surface area contributed by atoms with Crippen molar-refractivity contribution in [1.82, 2.24) is 9.36 Å². The number of thioether (sulfide) groups is 2. The first-order valence-corrected chi connectivity index (χ1v) is 8.70. The Morgan fingerprint density at radius 3 is 3.05 bits per heavy atom. The highest BCUT2D eigenvalue weighted by atomic mass is 32.2. The second-order valence-corrected chi connectivity index (χ2v) is 6.47. The summed E-state index contributed by atoms with van der Waals surface area (Å²) >= 11 is 3.99. The largest absolute Gasteiger partial charge is 0.394 e. The second-order valence-electron chi connectivity index (χ2n) is 3.63. The van der Waals surface area contributed by atoms with Gasteiger partial charge in [-0.1, -0.05) is 18.7 Å². The molecule has 9 heteroatoms. The van der Waals surface area contributed by atoms with Gasteiger partial charge in [-0.25, -0.2) is 0 Å². The van der Waals surface area contributed by atoms with Crippen LogP contribution in [0.2, 0.25) is 0 Å². The van der Waals surface area contributed by atoms with E-state index >= 15 is 0 Å². The highest BCUT2D eigenvalue weighted by Gasteiger charge is 2.09. The Morgan fingerprint density at radius 1 is 1.58 bits per heavy atom. The molecule has 0 radical (unpaired) electrons. The van der Waals surface area contributed by atoms with Crippen LogP contribution in [0.15, 0.2) is 5.16 Å². The lowest BCUT2D eigenvalue weighted by Gasteiger charge is -2.05. The Hall–Kier alpha value is -0.350. The Balaban J connectivity index is 2.26. The lowest BCUT2D eigenvalue weighted by atomic mass is 10.4. The minimum atomic E-state index is -0.781. The van der Waals surface area contributed by atoms with Gasteiger partial charge in [0.05, 0.1) is 18.5 Å². The van der Waals surface area contributed by atoms with Crippen molar-refractivity contribution in [2.24, 2.45) is 0 Å². The Morgan fingerprint density at radius 2 is 2.37 bits per heavy atom. The minimum absolute atomic E-state index is 0.182. The number of aromatic nitrogens is 2. The molecule has 0 aliphatic heterocycles. The van der Waals surface area contributed by atoms with Crippen LogP contribution in [-0.2, 0) is 4.79 Å². The van der Waals surface area contributed by atoms with Gasteiger partial charge < -0.3 is 10.2 Å². The summed E-state index contributed by atoms with van der Waals surface area (Å²) in [6, 6.07) is 0. The quantitative estimate of drug-likeness (QED) is 0.585. The van der Waals surface area contributed by atoms with E-state index in [9.17, 15) is 4.79 Å². The molecule has 0 spiro atoms. The zero-order valence-corrected chi connectivity index (χ0v) is 13.0. The summed E-state index contributed by atoms with van der Waals surface area (Å²) in [5, 5.41) is 21.6. The van der Waals surface area contributed by atoms with Crippen LogP contribution in [0, 0.1) is 0 Å². The molecule has 3 N–H and O–H groups in total. The molecule has 19 heavy (non-hydrogen) atoms. The van der Waals surface area contributed by atoms with Gasteiger partial charge in [0.25, 0.3) is 0 Å². The molecular weight excluding hydrogens is 306 g/mol. The highest BCUT2D eigenvalue weighted by Crippen LogP contribution is 2.20. The molecule has 1 heterocycles. The molecule has 1 unspecified atom stereocenters. The molecule has 1 amide bonds. The first kappa shape index (κ1) is 16.7. The van der Waals surface area contributed by atoms with E-state index in [1.807, 2.05) is 0 Å². The lowest BCUT2D eigenvalue weighted by Crippen LogP contribution is -2.19. The van der Waals surface area contributed by atoms with Gasteiger partial charge >= 0.3 is 0 Å². The molecule has 1 atom stereocenters. The predicted molar refractivity (Wildman–Crippen MR) is 80.0 cm³/mol. The molecule has 1 aromatic rings. The third kappa shape index (κ3) is 7.11. The normalized spacial score (nSPS) is 12.4. The van der Waals surface area contributed by atoms with Crippen molar-refractivity contribution in [3.8, 4) is 0 Å². The molecule has 1 rings (SSSR count). The molecular formula is C10H17N3O3S3. The first-order valence-electron chi connectivity index (χ1n) is 5.78. The van der Waals surface area contributed by atoms with Gasteiger partial charge in [0.15, 0.2) is 0 Å². The molecule has 0 aliphatic carbocycles. The molecule has 0 saturated carbocycles. The molecule has 0 bridgehead atoms. The summed E-state index contributed by atoms with van der Waals surface area (Å²) in [5.74, 6) is 1.32. The number of carbonyl (C=O) groups excluding carboxylic acids is 1. The molecule has 1 aromatic heterocycles. The van der Waals surface area contributed by atoms with Crippen molar-refractivity contribution in [3.05, 3.63) is 0 Å². The summed E-state index contributed by atoms with van der Waals surface area (Å²) in [7, 11) is 0. The number of rotatable bonds is 9. The third-order valence-corrected chi connectivity index (χ3v) is 4.73. The standard InChI is InChI=1S/C10H17N3O3S3/c1-2-3-18-10-12-9(19-13-10)11-8(16)6-17-5-7(15)4-14/h7,14-15H,2-6H2,1H3,(H,11,12,13,16). The summed E-state index contributed by atoms with van der Waals surface area (Å²) in [6.45, 7) is 1.79. The van der Waals surface area contributed by atoms with Gasteiger partial charge in [-0.2, -0.15) is 9.36 Å². The van der Waals surface area contributed by atoms with E-state index in [0.29, 0.717) is 16.0 Å². The van der Waals surface area contributed by atoms with Gasteiger partial charge in [-0.15, -0.1) is 11.8 Å². The SMILES string of the molecule is CCCSc1nsc(NC(=O)CSCC(O)CO)n1. The van der Waals surface area contributed by atoms with Crippen LogP contribution in [0.1, 0.15) is 13.3 Å². The predicted octanol–water partition coefficient (Wildman–Crippen LogP) is 1.07. The Bertz CT molecular complexity index is 389. The van der Waals surface area contributed by atoms with Gasteiger partial charge in [0, 0.05) is 23.0 Å². The van der Waals surface area contributed by atoms with Crippen LogP contribution < -0.4 is 5.32 Å². The summed E-state index contributed by atoms with van der Waals surface area (Å²) in [4.78, 5) is 15.7.